The molecule has 0 amide bonds. The summed E-state index contributed by atoms with van der Waals surface area (Å²) in [7, 11) is 2.26. The summed E-state index contributed by atoms with van der Waals surface area (Å²) >= 11 is 0. The maximum atomic E-state index is 3.68. The molecule has 2 atom stereocenters. The van der Waals surface area contributed by atoms with E-state index >= 15 is 0 Å². The van der Waals surface area contributed by atoms with Crippen molar-refractivity contribution in [3.63, 3.8) is 0 Å². The summed E-state index contributed by atoms with van der Waals surface area (Å²) in [5.41, 5.74) is 2.84. The summed E-state index contributed by atoms with van der Waals surface area (Å²) in [6, 6.07) is 9.93. The Morgan fingerprint density at radius 2 is 2.00 bits per heavy atom. The summed E-state index contributed by atoms with van der Waals surface area (Å²) in [6.45, 7) is 12.4. The van der Waals surface area contributed by atoms with Gasteiger partial charge in [-0.25, -0.2) is 0 Å². The molecule has 1 N–H and O–H groups in total. The predicted octanol–water partition coefficient (Wildman–Crippen LogP) is 2.67. The topological polar surface area (TPSA) is 18.5 Å². The molecule has 21 heavy (non-hydrogen) atoms. The van der Waals surface area contributed by atoms with E-state index in [-0.39, 0.29) is 0 Å². The lowest BCUT2D eigenvalue weighted by Gasteiger charge is -2.40. The van der Waals surface area contributed by atoms with Gasteiger partial charge in [0.15, 0.2) is 0 Å². The number of nitrogens with zero attached hydrogens (tertiary/aromatic N) is 2. The van der Waals surface area contributed by atoms with Gasteiger partial charge in [0.1, 0.15) is 0 Å². The molecule has 0 bridgehead atoms. The lowest BCUT2D eigenvalue weighted by molar-refractivity contribution is 0.0859. The smallest absolute Gasteiger partial charge is 0.0451 e. The molecule has 118 valence electrons. The first kappa shape index (κ1) is 16.5. The van der Waals surface area contributed by atoms with Crippen molar-refractivity contribution >= 4 is 0 Å². The van der Waals surface area contributed by atoms with Crippen LogP contribution in [0.2, 0.25) is 0 Å². The molecule has 1 fully saturated rings. The lowest BCUT2D eigenvalue weighted by atomic mass is 10.00. The number of nitrogens with one attached hydrogen (secondary N) is 1. The lowest BCUT2D eigenvalue weighted by Crippen LogP contribution is -2.52. The normalized spacial score (nSPS) is 22.4. The zero-order valence-electron chi connectivity index (χ0n) is 14.1. The Morgan fingerprint density at radius 3 is 2.67 bits per heavy atom. The molecule has 1 heterocycles. The van der Waals surface area contributed by atoms with Crippen LogP contribution in [-0.2, 0) is 0 Å². The van der Waals surface area contributed by atoms with Crippen LogP contribution in [0.5, 0.6) is 0 Å². The van der Waals surface area contributed by atoms with Gasteiger partial charge in [-0.3, -0.25) is 4.90 Å². The number of hydrogen-bond donors (Lipinski definition) is 1. The molecular weight excluding hydrogens is 258 g/mol. The average Bonchev–Trinajstić information content (AvgIpc) is 2.49. The zero-order chi connectivity index (χ0) is 15.2. The number of rotatable bonds is 6. The summed E-state index contributed by atoms with van der Waals surface area (Å²) in [4.78, 5) is 5.14. The van der Waals surface area contributed by atoms with Gasteiger partial charge in [0.05, 0.1) is 0 Å². The SMILES string of the molecule is CCNC(CN1CCN(C)C(CC)C1)c1ccccc1C. The second-order valence-electron chi connectivity index (χ2n) is 6.27. The molecule has 2 unspecified atom stereocenters. The fourth-order valence-electron chi connectivity index (χ4n) is 3.37. The second kappa shape index (κ2) is 7.92. The number of piperazine rings is 1. The average molecular weight is 289 g/mol. The minimum absolute atomic E-state index is 0.442. The number of aryl methyl sites for hydroxylation is 1. The third-order valence-corrected chi connectivity index (χ3v) is 4.79. The number of hydrogen-bond acceptors (Lipinski definition) is 3. The van der Waals surface area contributed by atoms with E-state index < -0.39 is 0 Å². The molecule has 0 saturated carbocycles. The molecule has 3 nitrogen and oxygen atoms in total. The van der Waals surface area contributed by atoms with Crippen molar-refractivity contribution in [2.24, 2.45) is 0 Å². The largest absolute Gasteiger partial charge is 0.309 e. The van der Waals surface area contributed by atoms with E-state index in [1.165, 1.54) is 37.2 Å². The molecule has 3 heteroatoms. The Balaban J connectivity index is 2.05. The van der Waals surface area contributed by atoms with Crippen molar-refractivity contribution in [1.29, 1.82) is 0 Å². The standard InChI is InChI=1S/C18H31N3/c1-5-16-13-21(12-11-20(16)4)14-18(19-6-2)17-10-8-7-9-15(17)3/h7-10,16,18-19H,5-6,11-14H2,1-4H3. The van der Waals surface area contributed by atoms with Gasteiger partial charge in [0.2, 0.25) is 0 Å². The summed E-state index contributed by atoms with van der Waals surface area (Å²) in [6.07, 6.45) is 1.24. The fourth-order valence-corrected chi connectivity index (χ4v) is 3.37. The van der Waals surface area contributed by atoms with Crippen molar-refractivity contribution in [3.05, 3.63) is 35.4 Å². The third-order valence-electron chi connectivity index (χ3n) is 4.79. The van der Waals surface area contributed by atoms with Gasteiger partial charge in [-0.2, -0.15) is 0 Å². The Kier molecular flexibility index (Phi) is 6.22. The van der Waals surface area contributed by atoms with Crippen LogP contribution in [0, 0.1) is 6.92 Å². The van der Waals surface area contributed by atoms with Gasteiger partial charge < -0.3 is 10.2 Å². The monoisotopic (exact) mass is 289 g/mol. The van der Waals surface area contributed by atoms with Gasteiger partial charge in [0.25, 0.3) is 0 Å². The molecule has 1 aliphatic rings. The van der Waals surface area contributed by atoms with Gasteiger partial charge in [-0.1, -0.05) is 38.1 Å². The van der Waals surface area contributed by atoms with E-state index in [4.69, 9.17) is 0 Å². The van der Waals surface area contributed by atoms with E-state index in [1.54, 1.807) is 0 Å². The highest BCUT2D eigenvalue weighted by molar-refractivity contribution is 5.29. The molecule has 1 saturated heterocycles. The molecule has 0 aliphatic carbocycles. The molecule has 1 aliphatic heterocycles. The van der Waals surface area contributed by atoms with Crippen LogP contribution >= 0.6 is 0 Å². The number of benzene rings is 1. The van der Waals surface area contributed by atoms with E-state index in [0.29, 0.717) is 12.1 Å². The molecule has 0 spiro atoms. The van der Waals surface area contributed by atoms with Crippen LogP contribution in [0.1, 0.15) is 37.4 Å². The summed E-state index contributed by atoms with van der Waals surface area (Å²) < 4.78 is 0. The van der Waals surface area contributed by atoms with Gasteiger partial charge in [-0.05, 0) is 38.1 Å². The zero-order valence-corrected chi connectivity index (χ0v) is 14.1. The Bertz CT molecular complexity index is 432. The van der Waals surface area contributed by atoms with Crippen LogP contribution in [0.25, 0.3) is 0 Å². The first-order chi connectivity index (χ1) is 10.2. The predicted molar refractivity (Wildman–Crippen MR) is 90.7 cm³/mol. The number of likely N-dealkylation sites (N-methyl/N-ethyl adjacent to an activating group) is 2. The highest BCUT2D eigenvalue weighted by Crippen LogP contribution is 2.20. The van der Waals surface area contributed by atoms with E-state index in [9.17, 15) is 0 Å². The first-order valence-electron chi connectivity index (χ1n) is 8.37. The first-order valence-corrected chi connectivity index (χ1v) is 8.37. The van der Waals surface area contributed by atoms with E-state index in [1.807, 2.05) is 0 Å². The van der Waals surface area contributed by atoms with Gasteiger partial charge >= 0.3 is 0 Å². The van der Waals surface area contributed by atoms with Crippen molar-refractivity contribution in [3.8, 4) is 0 Å². The van der Waals surface area contributed by atoms with Crippen molar-refractivity contribution < 1.29 is 0 Å². The molecular formula is C18H31N3. The van der Waals surface area contributed by atoms with E-state index in [2.05, 4.69) is 67.2 Å². The second-order valence-corrected chi connectivity index (χ2v) is 6.27. The quantitative estimate of drug-likeness (QED) is 0.868. The molecule has 1 aromatic carbocycles. The Labute approximate surface area is 130 Å². The van der Waals surface area contributed by atoms with Crippen molar-refractivity contribution in [1.82, 2.24) is 15.1 Å². The minimum Gasteiger partial charge on any atom is -0.309 e. The van der Waals surface area contributed by atoms with Crippen LogP contribution in [-0.4, -0.2) is 55.6 Å². The van der Waals surface area contributed by atoms with E-state index in [0.717, 1.165) is 13.1 Å². The molecule has 0 radical (unpaired) electrons. The Hall–Kier alpha value is -0.900. The maximum Gasteiger partial charge on any atom is 0.0451 e. The molecule has 1 aromatic rings. The van der Waals surface area contributed by atoms with Crippen LogP contribution in [0.3, 0.4) is 0 Å². The maximum absolute atomic E-state index is 3.68. The van der Waals surface area contributed by atoms with Gasteiger partial charge in [-0.15, -0.1) is 0 Å². The van der Waals surface area contributed by atoms with Gasteiger partial charge in [0, 0.05) is 38.3 Å². The van der Waals surface area contributed by atoms with Crippen molar-refractivity contribution in [2.75, 3.05) is 39.8 Å². The highest BCUT2D eigenvalue weighted by Gasteiger charge is 2.25. The highest BCUT2D eigenvalue weighted by atomic mass is 15.3. The molecule has 2 rings (SSSR count). The summed E-state index contributed by atoms with van der Waals surface area (Å²) in [5.74, 6) is 0. The van der Waals surface area contributed by atoms with Crippen LogP contribution < -0.4 is 5.32 Å². The fraction of sp³-hybridized carbons (Fsp3) is 0.667. The third kappa shape index (κ3) is 4.29. The van der Waals surface area contributed by atoms with Crippen LogP contribution in [0.4, 0.5) is 0 Å². The van der Waals surface area contributed by atoms with Crippen molar-refractivity contribution in [2.45, 2.75) is 39.3 Å². The Morgan fingerprint density at radius 1 is 1.24 bits per heavy atom. The van der Waals surface area contributed by atoms with Crippen LogP contribution in [0.15, 0.2) is 24.3 Å². The minimum atomic E-state index is 0.442. The summed E-state index contributed by atoms with van der Waals surface area (Å²) in [5, 5.41) is 3.68. The molecule has 0 aromatic heterocycles.